The van der Waals surface area contributed by atoms with Gasteiger partial charge in [0.05, 0.1) is 0 Å². The molecule has 1 aromatic rings. The van der Waals surface area contributed by atoms with Crippen molar-refractivity contribution in [3.05, 3.63) is 0 Å². The zero-order valence-corrected chi connectivity index (χ0v) is 8.60. The molecule has 5 nitrogen and oxygen atoms in total. The SMILES string of the molecule is [Cl-].[Cl-].[Cl-].[Zr+3][n]1nnnn1. The van der Waals surface area contributed by atoms with E-state index >= 15 is 0 Å². The molecule has 0 saturated carbocycles. The van der Waals surface area contributed by atoms with Crippen LogP contribution in [0.1, 0.15) is 0 Å². The van der Waals surface area contributed by atoms with Gasteiger partial charge in [-0.2, -0.15) is 0 Å². The average molecular weight is 268 g/mol. The van der Waals surface area contributed by atoms with Crippen LogP contribution in [0, 0.1) is 0 Å². The van der Waals surface area contributed by atoms with Gasteiger partial charge in [0.25, 0.3) is 0 Å². The van der Waals surface area contributed by atoms with E-state index in [9.17, 15) is 0 Å². The first-order chi connectivity index (χ1) is 2.89. The number of rotatable bonds is 0. The van der Waals surface area contributed by atoms with Crippen molar-refractivity contribution in [1.82, 2.24) is 23.6 Å². The molecular formula is Cl3N5Zr. The van der Waals surface area contributed by atoms with Crippen LogP contribution < -0.4 is 37.2 Å². The summed E-state index contributed by atoms with van der Waals surface area (Å²) in [5, 5.41) is 13.2. The Morgan fingerprint density at radius 2 is 1.22 bits per heavy atom. The predicted molar refractivity (Wildman–Crippen MR) is 11.0 cm³/mol. The Morgan fingerprint density at radius 1 is 0.889 bits per heavy atom. The van der Waals surface area contributed by atoms with E-state index in [0.717, 1.165) is 25.0 Å². The van der Waals surface area contributed by atoms with E-state index in [4.69, 9.17) is 0 Å². The van der Waals surface area contributed by atoms with E-state index in [1.165, 1.54) is 2.74 Å². The molecule has 0 unspecified atom stereocenters. The molecule has 9 heteroatoms. The van der Waals surface area contributed by atoms with E-state index in [2.05, 4.69) is 20.9 Å². The monoisotopic (exact) mass is 265 g/mol. The summed E-state index contributed by atoms with van der Waals surface area (Å²) in [6, 6.07) is 0. The molecule has 50 valence electrons. The van der Waals surface area contributed by atoms with Gasteiger partial charge >= 0.3 is 48.6 Å². The third-order valence-electron chi connectivity index (χ3n) is 0.289. The van der Waals surface area contributed by atoms with Crippen LogP contribution in [-0.4, -0.2) is 23.6 Å². The zero-order chi connectivity index (χ0) is 4.41. The van der Waals surface area contributed by atoms with Crippen LogP contribution in [0.2, 0.25) is 0 Å². The fraction of sp³-hybridized carbons (Fsp3) is 0. The van der Waals surface area contributed by atoms with Gasteiger partial charge in [0.15, 0.2) is 0 Å². The molecule has 0 spiro atoms. The van der Waals surface area contributed by atoms with Gasteiger partial charge in [0.2, 0.25) is 0 Å². The van der Waals surface area contributed by atoms with Gasteiger partial charge in [-0.15, -0.1) is 0 Å². The summed E-state index contributed by atoms with van der Waals surface area (Å²) >= 11 is 1.08. The molecular weight excluding hydrogens is 268 g/mol. The van der Waals surface area contributed by atoms with Gasteiger partial charge in [-0.1, -0.05) is 0 Å². The Morgan fingerprint density at radius 3 is 1.33 bits per heavy atom. The van der Waals surface area contributed by atoms with E-state index in [-0.39, 0.29) is 37.2 Å². The second-order valence-electron chi connectivity index (χ2n) is 0.647. The maximum atomic E-state index is 3.40. The minimum absolute atomic E-state index is 0. The Balaban J connectivity index is -0.000000120. The molecule has 0 N–H and O–H groups in total. The van der Waals surface area contributed by atoms with Crippen molar-refractivity contribution in [2.24, 2.45) is 0 Å². The number of hydrogen-bond donors (Lipinski definition) is 0. The van der Waals surface area contributed by atoms with Crippen molar-refractivity contribution in [2.75, 3.05) is 0 Å². The molecule has 1 aromatic heterocycles. The van der Waals surface area contributed by atoms with Crippen molar-refractivity contribution in [3.8, 4) is 0 Å². The Bertz CT molecular complexity index is 116. The summed E-state index contributed by atoms with van der Waals surface area (Å²) in [4.78, 5) is 0. The predicted octanol–water partition coefficient (Wildman–Crippen LogP) is -10.6. The van der Waals surface area contributed by atoms with Crippen LogP contribution in [0.4, 0.5) is 0 Å². The zero-order valence-electron chi connectivity index (χ0n) is 3.87. The standard InChI is InChI=1S/3ClH.N5.Zr/c;;;1-2-4-5-3-1;/h3*1H;;/q;;;-1;+4/p-3. The molecule has 0 amide bonds. The van der Waals surface area contributed by atoms with Gasteiger partial charge < -0.3 is 37.2 Å². The maximum absolute atomic E-state index is 3.40. The van der Waals surface area contributed by atoms with Gasteiger partial charge in [-0.25, -0.2) is 0 Å². The minimum atomic E-state index is 0. The second-order valence-corrected chi connectivity index (χ2v) is 1.63. The molecule has 0 radical (unpaired) electrons. The second kappa shape index (κ2) is 8.75. The van der Waals surface area contributed by atoms with Crippen molar-refractivity contribution >= 4 is 0 Å². The molecule has 0 aliphatic heterocycles. The van der Waals surface area contributed by atoms with Gasteiger partial charge in [-0.3, -0.25) is 0 Å². The molecule has 0 aliphatic rings. The summed E-state index contributed by atoms with van der Waals surface area (Å²) in [5.74, 6) is 0. The summed E-state index contributed by atoms with van der Waals surface area (Å²) in [6.07, 6.45) is 0. The Labute approximate surface area is 85.4 Å². The van der Waals surface area contributed by atoms with Crippen molar-refractivity contribution < 1.29 is 62.2 Å². The molecule has 0 fully saturated rings. The van der Waals surface area contributed by atoms with Crippen LogP contribution in [0.25, 0.3) is 0 Å². The topological polar surface area (TPSA) is 56.5 Å². The molecule has 9 heavy (non-hydrogen) atoms. The third kappa shape index (κ3) is 6.64. The molecule has 0 aliphatic carbocycles. The normalized spacial score (nSPS) is 6.00. The summed E-state index contributed by atoms with van der Waals surface area (Å²) in [7, 11) is 0. The quantitative estimate of drug-likeness (QED) is 0.468. The van der Waals surface area contributed by atoms with E-state index in [1.807, 2.05) is 0 Å². The average Bonchev–Trinajstić information content (AvgIpc) is 1.86. The number of aromatic nitrogens is 5. The first-order valence-electron chi connectivity index (χ1n) is 1.22. The fourth-order valence-electron chi connectivity index (χ4n) is 0.129. The van der Waals surface area contributed by atoms with E-state index in [0.29, 0.717) is 0 Å². The summed E-state index contributed by atoms with van der Waals surface area (Å²) in [6.45, 7) is 0. The first-order valence-corrected chi connectivity index (χ1v) is 2.32. The van der Waals surface area contributed by atoms with E-state index < -0.39 is 0 Å². The molecule has 0 bridgehead atoms. The Kier molecular flexibility index (Phi) is 15.9. The van der Waals surface area contributed by atoms with Crippen LogP contribution in [0.15, 0.2) is 0 Å². The van der Waals surface area contributed by atoms with Crippen LogP contribution in [0.5, 0.6) is 0 Å². The van der Waals surface area contributed by atoms with Crippen molar-refractivity contribution in [1.29, 1.82) is 0 Å². The molecule has 1 heterocycles. The molecule has 0 atom stereocenters. The fourth-order valence-corrected chi connectivity index (χ4v) is 0.326. The van der Waals surface area contributed by atoms with Crippen molar-refractivity contribution in [3.63, 3.8) is 0 Å². The molecule has 0 saturated heterocycles. The van der Waals surface area contributed by atoms with Gasteiger partial charge in [0, 0.05) is 0 Å². The number of nitrogens with zero attached hydrogens (tertiary/aromatic N) is 5. The summed E-state index contributed by atoms with van der Waals surface area (Å²) in [5.41, 5.74) is 0. The van der Waals surface area contributed by atoms with Gasteiger partial charge in [-0.05, 0) is 0 Å². The van der Waals surface area contributed by atoms with Crippen molar-refractivity contribution in [2.45, 2.75) is 0 Å². The van der Waals surface area contributed by atoms with Crippen LogP contribution >= 0.6 is 0 Å². The molecule has 0 aromatic carbocycles. The van der Waals surface area contributed by atoms with E-state index in [1.54, 1.807) is 0 Å². The number of hydrogen-bond acceptors (Lipinski definition) is 4. The molecule has 1 rings (SSSR count). The van der Waals surface area contributed by atoms with Crippen LogP contribution in [0.3, 0.4) is 0 Å². The number of halogens is 3. The summed E-state index contributed by atoms with van der Waals surface area (Å²) < 4.78 is 1.37. The van der Waals surface area contributed by atoms with Gasteiger partial charge in [0.1, 0.15) is 0 Å². The Hall–Kier alpha value is 0.753. The first kappa shape index (κ1) is 16.4. The van der Waals surface area contributed by atoms with Crippen LogP contribution in [-0.2, 0) is 25.0 Å². The third-order valence-corrected chi connectivity index (χ3v) is 0.729.